The zero-order chi connectivity index (χ0) is 17.9. The molecule has 1 saturated heterocycles. The van der Waals surface area contributed by atoms with Crippen LogP contribution in [0.5, 0.6) is 0 Å². The topological polar surface area (TPSA) is 75.4 Å². The van der Waals surface area contributed by atoms with Crippen molar-refractivity contribution in [2.75, 3.05) is 18.0 Å². The summed E-state index contributed by atoms with van der Waals surface area (Å²) in [4.78, 5) is 18.8. The zero-order valence-electron chi connectivity index (χ0n) is 14.2. The molecular formula is C18H19ClN6O. The Hall–Kier alpha value is -2.67. The summed E-state index contributed by atoms with van der Waals surface area (Å²) >= 11 is 6.10. The van der Waals surface area contributed by atoms with E-state index in [0.29, 0.717) is 18.1 Å². The van der Waals surface area contributed by atoms with Gasteiger partial charge >= 0.3 is 0 Å². The Labute approximate surface area is 156 Å². The summed E-state index contributed by atoms with van der Waals surface area (Å²) in [7, 11) is 0. The van der Waals surface area contributed by atoms with Crippen LogP contribution in [-0.2, 0) is 11.3 Å². The molecular weight excluding hydrogens is 352 g/mol. The number of hydrogen-bond donors (Lipinski definition) is 1. The highest BCUT2D eigenvalue weighted by Gasteiger charge is 2.28. The highest BCUT2D eigenvalue weighted by molar-refractivity contribution is 6.30. The lowest BCUT2D eigenvalue weighted by molar-refractivity contribution is -0.125. The summed E-state index contributed by atoms with van der Waals surface area (Å²) in [6, 6.07) is 7.44. The van der Waals surface area contributed by atoms with Crippen molar-refractivity contribution in [3.8, 4) is 0 Å². The summed E-state index contributed by atoms with van der Waals surface area (Å²) in [6.45, 7) is 1.96. The second kappa shape index (κ2) is 7.29. The maximum atomic E-state index is 12.6. The fraction of sp³-hybridized carbons (Fsp3) is 0.333. The summed E-state index contributed by atoms with van der Waals surface area (Å²) in [5.74, 6) is 0.713. The van der Waals surface area contributed by atoms with Crippen molar-refractivity contribution in [1.82, 2.24) is 24.9 Å². The van der Waals surface area contributed by atoms with Crippen molar-refractivity contribution in [2.24, 2.45) is 5.92 Å². The third-order valence-electron chi connectivity index (χ3n) is 4.61. The van der Waals surface area contributed by atoms with Gasteiger partial charge in [-0.1, -0.05) is 17.7 Å². The minimum atomic E-state index is -0.0769. The fourth-order valence-corrected chi connectivity index (χ4v) is 3.44. The van der Waals surface area contributed by atoms with Gasteiger partial charge in [-0.05, 0) is 36.6 Å². The first-order chi connectivity index (χ1) is 12.7. The van der Waals surface area contributed by atoms with Crippen LogP contribution in [0.25, 0.3) is 5.65 Å². The molecule has 0 bridgehead atoms. The molecule has 1 fully saturated rings. The summed E-state index contributed by atoms with van der Waals surface area (Å²) in [5.41, 5.74) is 1.74. The Morgan fingerprint density at radius 1 is 1.31 bits per heavy atom. The molecule has 0 aromatic carbocycles. The van der Waals surface area contributed by atoms with Crippen LogP contribution < -0.4 is 10.2 Å². The number of aromatic nitrogens is 4. The van der Waals surface area contributed by atoms with E-state index < -0.39 is 0 Å². The van der Waals surface area contributed by atoms with Gasteiger partial charge in [-0.3, -0.25) is 14.2 Å². The molecule has 4 rings (SSSR count). The van der Waals surface area contributed by atoms with Crippen molar-refractivity contribution < 1.29 is 4.79 Å². The molecule has 0 radical (unpaired) electrons. The van der Waals surface area contributed by atoms with Gasteiger partial charge in [0.15, 0.2) is 5.65 Å². The maximum Gasteiger partial charge on any atom is 0.231 e. The van der Waals surface area contributed by atoms with Crippen LogP contribution in [0.15, 0.2) is 42.9 Å². The van der Waals surface area contributed by atoms with Crippen LogP contribution in [0.1, 0.15) is 18.4 Å². The SMILES string of the molecule is O=C(NCc1cccnc1)C1CCCN(c2nnc3ccc(Cl)cn23)C1. The molecule has 0 spiro atoms. The van der Waals surface area contributed by atoms with Crippen LogP contribution in [-0.4, -0.2) is 38.6 Å². The first-order valence-corrected chi connectivity index (χ1v) is 9.00. The summed E-state index contributed by atoms with van der Waals surface area (Å²) < 4.78 is 1.87. The number of pyridine rings is 2. The van der Waals surface area contributed by atoms with E-state index in [-0.39, 0.29) is 11.8 Å². The van der Waals surface area contributed by atoms with Gasteiger partial charge in [0, 0.05) is 38.2 Å². The van der Waals surface area contributed by atoms with Crippen molar-refractivity contribution in [3.63, 3.8) is 0 Å². The van der Waals surface area contributed by atoms with Crippen LogP contribution in [0.3, 0.4) is 0 Å². The van der Waals surface area contributed by atoms with E-state index in [1.165, 1.54) is 0 Å². The van der Waals surface area contributed by atoms with Crippen LogP contribution >= 0.6 is 11.6 Å². The molecule has 0 aliphatic carbocycles. The standard InChI is InChI=1S/C18H19ClN6O/c19-15-5-6-16-22-23-18(25(16)12-15)24-8-2-4-14(11-24)17(26)21-10-13-3-1-7-20-9-13/h1,3,5-7,9,12,14H,2,4,8,10-11H2,(H,21,26). The predicted molar refractivity (Wildman–Crippen MR) is 99.0 cm³/mol. The molecule has 1 atom stereocenters. The van der Waals surface area contributed by atoms with Gasteiger partial charge in [0.25, 0.3) is 0 Å². The molecule has 3 aromatic heterocycles. The van der Waals surface area contributed by atoms with E-state index in [1.807, 2.05) is 22.6 Å². The summed E-state index contributed by atoms with van der Waals surface area (Å²) in [6.07, 6.45) is 7.09. The lowest BCUT2D eigenvalue weighted by atomic mass is 9.97. The lowest BCUT2D eigenvalue weighted by Gasteiger charge is -2.32. The van der Waals surface area contributed by atoms with E-state index in [9.17, 15) is 4.79 Å². The molecule has 1 unspecified atom stereocenters. The molecule has 0 saturated carbocycles. The van der Waals surface area contributed by atoms with Gasteiger partial charge in [0.1, 0.15) is 0 Å². The number of halogens is 1. The maximum absolute atomic E-state index is 12.6. The molecule has 1 aliphatic heterocycles. The van der Waals surface area contributed by atoms with Crippen molar-refractivity contribution in [2.45, 2.75) is 19.4 Å². The van der Waals surface area contributed by atoms with E-state index in [4.69, 9.17) is 11.6 Å². The number of carbonyl (C=O) groups is 1. The number of nitrogens with zero attached hydrogens (tertiary/aromatic N) is 5. The minimum Gasteiger partial charge on any atom is -0.352 e. The van der Waals surface area contributed by atoms with E-state index in [0.717, 1.165) is 36.5 Å². The first-order valence-electron chi connectivity index (χ1n) is 8.62. The Bertz CT molecular complexity index is 912. The molecule has 4 heterocycles. The van der Waals surface area contributed by atoms with E-state index >= 15 is 0 Å². The third-order valence-corrected chi connectivity index (χ3v) is 4.84. The number of fused-ring (bicyclic) bond motifs is 1. The van der Waals surface area contributed by atoms with Gasteiger partial charge in [0.2, 0.25) is 11.9 Å². The normalized spacial score (nSPS) is 17.4. The van der Waals surface area contributed by atoms with Crippen molar-refractivity contribution in [3.05, 3.63) is 53.4 Å². The largest absolute Gasteiger partial charge is 0.352 e. The Kier molecular flexibility index (Phi) is 4.71. The highest BCUT2D eigenvalue weighted by atomic mass is 35.5. The van der Waals surface area contributed by atoms with Gasteiger partial charge in [-0.15, -0.1) is 10.2 Å². The first kappa shape index (κ1) is 16.8. The average molecular weight is 371 g/mol. The molecule has 1 N–H and O–H groups in total. The van der Waals surface area contributed by atoms with E-state index in [1.54, 1.807) is 24.7 Å². The second-order valence-corrected chi connectivity index (χ2v) is 6.88. The average Bonchev–Trinajstić information content (AvgIpc) is 3.10. The summed E-state index contributed by atoms with van der Waals surface area (Å²) in [5, 5.41) is 12.1. The molecule has 1 amide bonds. The predicted octanol–water partition coefficient (Wildman–Crippen LogP) is 2.31. The zero-order valence-corrected chi connectivity index (χ0v) is 14.9. The number of nitrogens with one attached hydrogen (secondary N) is 1. The van der Waals surface area contributed by atoms with Crippen molar-refractivity contribution >= 4 is 29.1 Å². The monoisotopic (exact) mass is 370 g/mol. The molecule has 26 heavy (non-hydrogen) atoms. The van der Waals surface area contributed by atoms with Crippen LogP contribution in [0, 0.1) is 5.92 Å². The number of rotatable bonds is 4. The number of carbonyl (C=O) groups excluding carboxylic acids is 1. The van der Waals surface area contributed by atoms with Crippen LogP contribution in [0.4, 0.5) is 5.95 Å². The number of anilines is 1. The van der Waals surface area contributed by atoms with Crippen molar-refractivity contribution in [1.29, 1.82) is 0 Å². The lowest BCUT2D eigenvalue weighted by Crippen LogP contribution is -2.43. The number of piperidine rings is 1. The highest BCUT2D eigenvalue weighted by Crippen LogP contribution is 2.23. The second-order valence-electron chi connectivity index (χ2n) is 6.44. The smallest absolute Gasteiger partial charge is 0.231 e. The van der Waals surface area contributed by atoms with Gasteiger partial charge < -0.3 is 10.2 Å². The minimum absolute atomic E-state index is 0.0606. The third kappa shape index (κ3) is 3.48. The molecule has 8 heteroatoms. The quantitative estimate of drug-likeness (QED) is 0.762. The number of hydrogen-bond acceptors (Lipinski definition) is 5. The van der Waals surface area contributed by atoms with Gasteiger partial charge in [-0.2, -0.15) is 0 Å². The van der Waals surface area contributed by atoms with E-state index in [2.05, 4.69) is 25.4 Å². The Morgan fingerprint density at radius 2 is 2.23 bits per heavy atom. The Balaban J connectivity index is 1.45. The van der Waals surface area contributed by atoms with Gasteiger partial charge in [-0.25, -0.2) is 0 Å². The molecule has 3 aromatic rings. The fourth-order valence-electron chi connectivity index (χ4n) is 3.28. The Morgan fingerprint density at radius 3 is 3.08 bits per heavy atom. The molecule has 1 aliphatic rings. The molecule has 7 nitrogen and oxygen atoms in total. The molecule has 134 valence electrons. The van der Waals surface area contributed by atoms with Gasteiger partial charge in [0.05, 0.1) is 10.9 Å². The number of amides is 1. The van der Waals surface area contributed by atoms with Crippen LogP contribution in [0.2, 0.25) is 5.02 Å².